The zero-order valence-electron chi connectivity index (χ0n) is 41.6. The Morgan fingerprint density at radius 2 is 0.758 bits per heavy atom. The van der Waals surface area contributed by atoms with Crippen molar-refractivity contribution in [1.29, 1.82) is 0 Å². The fourth-order valence-corrected chi connectivity index (χ4v) is 8.45. The second-order valence-corrected chi connectivity index (χ2v) is 18.9. The van der Waals surface area contributed by atoms with Crippen LogP contribution in [-0.4, -0.2) is 47.4 Å². The maximum atomic E-state index is 12.4. The summed E-state index contributed by atoms with van der Waals surface area (Å²) in [7, 11) is 0. The number of esters is 1. The lowest BCUT2D eigenvalue weighted by Crippen LogP contribution is -2.45. The van der Waals surface area contributed by atoms with Crippen LogP contribution in [0, 0.1) is 0 Å². The number of hydrogen-bond donors (Lipinski definition) is 3. The number of nitrogens with one attached hydrogen (secondary N) is 1. The fraction of sp³-hybridized carbons (Fsp3) is 0.893. The molecule has 3 N–H and O–H groups in total. The van der Waals surface area contributed by atoms with E-state index in [4.69, 9.17) is 4.74 Å². The Bertz CT molecular complexity index is 966. The number of hydrogen-bond acceptors (Lipinski definition) is 5. The minimum atomic E-state index is -0.845. The molecule has 0 saturated carbocycles. The Morgan fingerprint density at radius 1 is 0.435 bits per heavy atom. The molecule has 0 radical (unpaired) electrons. The van der Waals surface area contributed by atoms with Crippen molar-refractivity contribution in [3.63, 3.8) is 0 Å². The van der Waals surface area contributed by atoms with E-state index in [-0.39, 0.29) is 18.5 Å². The van der Waals surface area contributed by atoms with Crippen molar-refractivity contribution in [2.24, 2.45) is 0 Å². The van der Waals surface area contributed by atoms with E-state index in [0.29, 0.717) is 19.4 Å². The van der Waals surface area contributed by atoms with Gasteiger partial charge in [0.2, 0.25) is 5.91 Å². The molecule has 2 atom stereocenters. The minimum absolute atomic E-state index is 0.000432. The lowest BCUT2D eigenvalue weighted by Gasteiger charge is -2.20. The summed E-state index contributed by atoms with van der Waals surface area (Å²) in [4.78, 5) is 24.4. The Labute approximate surface area is 386 Å². The first-order valence-electron chi connectivity index (χ1n) is 27.6. The number of aliphatic hydroxyl groups excluding tert-OH is 2. The number of carbonyl (C=O) groups is 2. The molecular formula is C56H107NO5. The van der Waals surface area contributed by atoms with Gasteiger partial charge in [-0.1, -0.05) is 250 Å². The SMILES string of the molecule is CCCCCCC/C=C\CCCCCCCC(=O)OCCCCCCCCCCCCCCCCCCCCCC(=O)NC(CO)C(O)/C=C/CCCCCCCCCCCC. The maximum absolute atomic E-state index is 12.4. The molecule has 0 rings (SSSR count). The van der Waals surface area contributed by atoms with Gasteiger partial charge in [-0.2, -0.15) is 0 Å². The van der Waals surface area contributed by atoms with Crippen LogP contribution in [0.5, 0.6) is 0 Å². The molecular weight excluding hydrogens is 767 g/mol. The summed E-state index contributed by atoms with van der Waals surface area (Å²) in [5, 5.41) is 23.0. The average Bonchev–Trinajstić information content (AvgIpc) is 3.27. The van der Waals surface area contributed by atoms with Crippen LogP contribution in [0.4, 0.5) is 0 Å². The number of ether oxygens (including phenoxy) is 1. The number of amides is 1. The van der Waals surface area contributed by atoms with Gasteiger partial charge >= 0.3 is 5.97 Å². The third-order valence-electron chi connectivity index (χ3n) is 12.7. The summed E-state index contributed by atoms with van der Waals surface area (Å²) in [5.41, 5.74) is 0. The van der Waals surface area contributed by atoms with Crippen molar-refractivity contribution < 1.29 is 24.5 Å². The molecule has 0 aromatic carbocycles. The molecule has 0 saturated heterocycles. The molecule has 0 aromatic rings. The second-order valence-electron chi connectivity index (χ2n) is 18.9. The Kier molecular flexibility index (Phi) is 50.6. The third-order valence-corrected chi connectivity index (χ3v) is 12.7. The lowest BCUT2D eigenvalue weighted by molar-refractivity contribution is -0.143. The van der Waals surface area contributed by atoms with E-state index in [2.05, 4.69) is 31.3 Å². The quantitative estimate of drug-likeness (QED) is 0.0321. The molecule has 6 nitrogen and oxygen atoms in total. The summed E-state index contributed by atoms with van der Waals surface area (Å²) < 4.78 is 5.47. The minimum Gasteiger partial charge on any atom is -0.466 e. The lowest BCUT2D eigenvalue weighted by atomic mass is 10.0. The summed E-state index contributed by atoms with van der Waals surface area (Å²) in [6.45, 7) is 4.88. The summed E-state index contributed by atoms with van der Waals surface area (Å²) in [6.07, 6.45) is 61.9. The van der Waals surface area contributed by atoms with Crippen molar-refractivity contribution in [2.45, 2.75) is 309 Å². The molecule has 0 bridgehead atoms. The molecule has 2 unspecified atom stereocenters. The van der Waals surface area contributed by atoms with Gasteiger partial charge in [0, 0.05) is 12.8 Å². The van der Waals surface area contributed by atoms with Crippen molar-refractivity contribution >= 4 is 11.9 Å². The van der Waals surface area contributed by atoms with Crippen LogP contribution in [0.1, 0.15) is 296 Å². The molecule has 0 aliphatic rings. The van der Waals surface area contributed by atoms with E-state index in [1.54, 1.807) is 6.08 Å². The molecule has 62 heavy (non-hydrogen) atoms. The van der Waals surface area contributed by atoms with Crippen molar-refractivity contribution in [3.8, 4) is 0 Å². The molecule has 0 aliphatic heterocycles. The highest BCUT2D eigenvalue weighted by atomic mass is 16.5. The number of rotatable bonds is 51. The highest BCUT2D eigenvalue weighted by Crippen LogP contribution is 2.16. The van der Waals surface area contributed by atoms with Gasteiger partial charge in [0.05, 0.1) is 25.4 Å². The van der Waals surface area contributed by atoms with Gasteiger partial charge in [0.15, 0.2) is 0 Å². The van der Waals surface area contributed by atoms with Gasteiger partial charge in [-0.3, -0.25) is 9.59 Å². The largest absolute Gasteiger partial charge is 0.466 e. The highest BCUT2D eigenvalue weighted by Gasteiger charge is 2.18. The molecule has 0 aliphatic carbocycles. The first-order valence-corrected chi connectivity index (χ1v) is 27.6. The first-order chi connectivity index (χ1) is 30.5. The van der Waals surface area contributed by atoms with E-state index in [9.17, 15) is 19.8 Å². The molecule has 1 amide bonds. The van der Waals surface area contributed by atoms with Crippen LogP contribution in [0.3, 0.4) is 0 Å². The smallest absolute Gasteiger partial charge is 0.305 e. The molecule has 6 heteroatoms. The number of unbranched alkanes of at least 4 members (excludes halogenated alkanes) is 38. The van der Waals surface area contributed by atoms with Gasteiger partial charge in [0.25, 0.3) is 0 Å². The van der Waals surface area contributed by atoms with Crippen LogP contribution >= 0.6 is 0 Å². The van der Waals surface area contributed by atoms with Crippen LogP contribution < -0.4 is 5.32 Å². The predicted octanol–water partition coefficient (Wildman–Crippen LogP) is 16.7. The monoisotopic (exact) mass is 874 g/mol. The van der Waals surface area contributed by atoms with E-state index in [1.165, 1.54) is 225 Å². The fourth-order valence-electron chi connectivity index (χ4n) is 8.45. The molecule has 0 spiro atoms. The molecule has 0 aromatic heterocycles. The second kappa shape index (κ2) is 52.0. The normalized spacial score (nSPS) is 12.8. The average molecular weight is 874 g/mol. The number of allylic oxidation sites excluding steroid dienone is 3. The summed E-state index contributed by atoms with van der Waals surface area (Å²) in [6, 6.07) is -0.628. The van der Waals surface area contributed by atoms with Crippen molar-refractivity contribution in [3.05, 3.63) is 24.3 Å². The van der Waals surface area contributed by atoms with Gasteiger partial charge in [-0.15, -0.1) is 0 Å². The van der Waals surface area contributed by atoms with E-state index < -0.39 is 12.1 Å². The zero-order valence-corrected chi connectivity index (χ0v) is 41.6. The maximum Gasteiger partial charge on any atom is 0.305 e. The van der Waals surface area contributed by atoms with Crippen LogP contribution in [-0.2, 0) is 14.3 Å². The van der Waals surface area contributed by atoms with Gasteiger partial charge in [-0.25, -0.2) is 0 Å². The summed E-state index contributed by atoms with van der Waals surface area (Å²) in [5.74, 6) is -0.0719. The Morgan fingerprint density at radius 3 is 1.15 bits per heavy atom. The molecule has 0 heterocycles. The van der Waals surface area contributed by atoms with Gasteiger partial charge in [0.1, 0.15) is 0 Å². The highest BCUT2D eigenvalue weighted by molar-refractivity contribution is 5.76. The first kappa shape index (κ1) is 60.3. The topological polar surface area (TPSA) is 95.9 Å². The number of aliphatic hydroxyl groups is 2. The van der Waals surface area contributed by atoms with E-state index >= 15 is 0 Å². The number of carbonyl (C=O) groups excluding carboxylic acids is 2. The van der Waals surface area contributed by atoms with E-state index in [0.717, 1.165) is 44.9 Å². The van der Waals surface area contributed by atoms with Crippen LogP contribution in [0.25, 0.3) is 0 Å². The van der Waals surface area contributed by atoms with E-state index in [1.807, 2.05) is 6.08 Å². The van der Waals surface area contributed by atoms with Crippen LogP contribution in [0.15, 0.2) is 24.3 Å². The standard InChI is InChI=1S/C56H107NO5/c1-3-5-7-9-11-13-15-17-26-30-34-38-42-46-50-56(61)62-51-47-43-39-35-31-27-24-22-20-18-19-21-23-25-29-33-37-41-45-49-55(60)57-53(52-58)54(59)48-44-40-36-32-28-16-14-12-10-8-6-4-2/h15,17,44,48,53-54,58-59H,3-14,16,18-43,45-47,49-52H2,1-2H3,(H,57,60)/b17-15-,48-44+. The molecule has 0 fully saturated rings. The van der Waals surface area contributed by atoms with Gasteiger partial charge in [-0.05, 0) is 57.8 Å². The zero-order chi connectivity index (χ0) is 45.1. The molecule has 366 valence electrons. The third kappa shape index (κ3) is 47.8. The van der Waals surface area contributed by atoms with Crippen molar-refractivity contribution in [2.75, 3.05) is 13.2 Å². The predicted molar refractivity (Wildman–Crippen MR) is 269 cm³/mol. The van der Waals surface area contributed by atoms with Crippen LogP contribution in [0.2, 0.25) is 0 Å². The Balaban J connectivity index is 3.41. The summed E-state index contributed by atoms with van der Waals surface area (Å²) >= 11 is 0. The van der Waals surface area contributed by atoms with Gasteiger partial charge < -0.3 is 20.3 Å². The van der Waals surface area contributed by atoms with Crippen molar-refractivity contribution in [1.82, 2.24) is 5.32 Å². The Hall–Kier alpha value is -1.66.